The summed E-state index contributed by atoms with van der Waals surface area (Å²) in [6.45, 7) is 1.68. The summed E-state index contributed by atoms with van der Waals surface area (Å²) in [5.74, 6) is 0.197. The first-order chi connectivity index (χ1) is 16.7. The van der Waals surface area contributed by atoms with Gasteiger partial charge in [0.25, 0.3) is 0 Å². The van der Waals surface area contributed by atoms with E-state index in [1.165, 1.54) is 0 Å². The lowest BCUT2D eigenvalue weighted by Gasteiger charge is -2.32. The van der Waals surface area contributed by atoms with Crippen molar-refractivity contribution in [3.8, 4) is 5.75 Å². The normalized spacial score (nSPS) is 18.0. The monoisotopic (exact) mass is 496 g/mol. The first kappa shape index (κ1) is 24.5. The summed E-state index contributed by atoms with van der Waals surface area (Å²) in [7, 11) is -1.86. The largest absolute Gasteiger partial charge is 0.496 e. The number of methoxy groups -OCH3 is 1. The lowest BCUT2D eigenvalue weighted by Crippen LogP contribution is -2.31. The molecule has 1 aliphatic carbocycles. The molecule has 35 heavy (non-hydrogen) atoms. The lowest BCUT2D eigenvalue weighted by molar-refractivity contribution is -0.140. The van der Waals surface area contributed by atoms with Crippen LogP contribution >= 0.6 is 0 Å². The number of allylic oxidation sites excluding steroid dienone is 3. The summed E-state index contributed by atoms with van der Waals surface area (Å²) in [6, 6.07) is 14.4. The number of ether oxygens (including phenoxy) is 2. The molecule has 184 valence electrons. The Hall–Kier alpha value is -3.59. The van der Waals surface area contributed by atoms with Crippen LogP contribution in [0.4, 0.5) is 5.69 Å². The number of ketones is 1. The molecule has 1 atom stereocenters. The molecule has 2 aromatic rings. The highest BCUT2D eigenvalue weighted by atomic mass is 32.2. The predicted octanol–water partition coefficient (Wildman–Crippen LogP) is 3.78. The van der Waals surface area contributed by atoms with Gasteiger partial charge in [0.05, 0.1) is 24.6 Å². The smallest absolute Gasteiger partial charge is 0.336 e. The minimum atomic E-state index is -3.48. The highest BCUT2D eigenvalue weighted by molar-refractivity contribution is 7.92. The van der Waals surface area contributed by atoms with Gasteiger partial charge in [-0.3, -0.25) is 9.52 Å². The molecule has 0 amide bonds. The van der Waals surface area contributed by atoms with Crippen molar-refractivity contribution in [3.05, 3.63) is 82.2 Å². The van der Waals surface area contributed by atoms with Gasteiger partial charge in [-0.2, -0.15) is 0 Å². The number of esters is 1. The average Bonchev–Trinajstić information content (AvgIpc) is 2.81. The molecule has 2 N–H and O–H groups in total. The van der Waals surface area contributed by atoms with Gasteiger partial charge in [-0.1, -0.05) is 36.4 Å². The maximum atomic E-state index is 13.1. The SMILES string of the molecule is COc1ccccc1[C@H]1CC(=O)C2=C(C1)NC(C)=C(C(=O)OCc1ccccc1NS(C)(=O)=O)C2. The quantitative estimate of drug-likeness (QED) is 0.561. The molecule has 0 unspecified atom stereocenters. The van der Waals surface area contributed by atoms with Crippen LogP contribution in [0.3, 0.4) is 0 Å². The fourth-order valence-corrected chi connectivity index (χ4v) is 5.12. The van der Waals surface area contributed by atoms with Crippen LogP contribution < -0.4 is 14.8 Å². The molecule has 2 aromatic carbocycles. The molecule has 2 aliphatic rings. The van der Waals surface area contributed by atoms with E-state index in [0.717, 1.165) is 23.3 Å². The first-order valence-electron chi connectivity index (χ1n) is 11.2. The summed E-state index contributed by atoms with van der Waals surface area (Å²) < 4.78 is 36.6. The lowest BCUT2D eigenvalue weighted by atomic mass is 9.78. The second-order valence-electron chi connectivity index (χ2n) is 8.74. The van der Waals surface area contributed by atoms with Crippen LogP contribution in [0, 0.1) is 0 Å². The molecule has 0 radical (unpaired) electrons. The Labute approximate surface area is 205 Å². The highest BCUT2D eigenvalue weighted by Crippen LogP contribution is 2.41. The van der Waals surface area contributed by atoms with Gasteiger partial charge >= 0.3 is 5.97 Å². The zero-order valence-electron chi connectivity index (χ0n) is 19.9. The van der Waals surface area contributed by atoms with Gasteiger partial charge in [0.2, 0.25) is 10.0 Å². The number of rotatable bonds is 7. The molecule has 0 spiro atoms. The third-order valence-electron chi connectivity index (χ3n) is 6.22. The summed E-state index contributed by atoms with van der Waals surface area (Å²) in [5, 5.41) is 3.26. The Bertz CT molecular complexity index is 1340. The fourth-order valence-electron chi connectivity index (χ4n) is 4.52. The number of Topliss-reactive ketones (excluding diaryl/α,β-unsaturated/α-hetero) is 1. The van der Waals surface area contributed by atoms with Crippen molar-refractivity contribution in [1.82, 2.24) is 5.32 Å². The molecule has 1 heterocycles. The zero-order chi connectivity index (χ0) is 25.2. The summed E-state index contributed by atoms with van der Waals surface area (Å²) in [4.78, 5) is 26.0. The minimum Gasteiger partial charge on any atom is -0.496 e. The van der Waals surface area contributed by atoms with Gasteiger partial charge < -0.3 is 14.8 Å². The van der Waals surface area contributed by atoms with Crippen LogP contribution in [0.1, 0.15) is 43.2 Å². The van der Waals surface area contributed by atoms with Gasteiger partial charge in [0.1, 0.15) is 12.4 Å². The molecule has 0 bridgehead atoms. The Morgan fingerprint density at radius 2 is 1.83 bits per heavy atom. The second kappa shape index (κ2) is 9.95. The molecule has 0 saturated heterocycles. The van der Waals surface area contributed by atoms with E-state index in [1.54, 1.807) is 38.3 Å². The number of carbonyl (C=O) groups is 2. The van der Waals surface area contributed by atoms with Crippen molar-refractivity contribution in [3.63, 3.8) is 0 Å². The van der Waals surface area contributed by atoms with E-state index in [9.17, 15) is 18.0 Å². The Kier molecular flexibility index (Phi) is 6.98. The van der Waals surface area contributed by atoms with E-state index in [4.69, 9.17) is 9.47 Å². The topological polar surface area (TPSA) is 111 Å². The van der Waals surface area contributed by atoms with E-state index in [-0.39, 0.29) is 24.7 Å². The number of hydrogen-bond acceptors (Lipinski definition) is 7. The Morgan fingerprint density at radius 1 is 1.11 bits per heavy atom. The standard InChI is InChI=1S/C26H28N2O6S/c1-16-20(26(30)34-15-17-8-4-6-10-22(17)28-35(3,31)32)14-21-23(27-16)12-18(13-24(21)29)19-9-5-7-11-25(19)33-2/h4-11,18,27-28H,12-15H2,1-3H3/t18-/m1/s1. The van der Waals surface area contributed by atoms with Crippen molar-refractivity contribution in [2.75, 3.05) is 18.1 Å². The molecule has 0 aromatic heterocycles. The molecular weight excluding hydrogens is 468 g/mol. The van der Waals surface area contributed by atoms with Gasteiger partial charge in [-0.25, -0.2) is 13.2 Å². The Balaban J connectivity index is 1.47. The van der Waals surface area contributed by atoms with Gasteiger partial charge in [0.15, 0.2) is 5.78 Å². The molecule has 0 saturated carbocycles. The third kappa shape index (κ3) is 5.57. The second-order valence-corrected chi connectivity index (χ2v) is 10.5. The number of sulfonamides is 1. The van der Waals surface area contributed by atoms with E-state index in [1.807, 2.05) is 24.3 Å². The Morgan fingerprint density at radius 3 is 2.57 bits per heavy atom. The van der Waals surface area contributed by atoms with Crippen LogP contribution in [-0.4, -0.2) is 33.5 Å². The maximum Gasteiger partial charge on any atom is 0.336 e. The molecule has 4 rings (SSSR count). The molecule has 8 nitrogen and oxygen atoms in total. The zero-order valence-corrected chi connectivity index (χ0v) is 20.7. The van der Waals surface area contributed by atoms with E-state index >= 15 is 0 Å². The number of para-hydroxylation sites is 2. The molecule has 0 fully saturated rings. The van der Waals surface area contributed by atoms with Crippen molar-refractivity contribution >= 4 is 27.5 Å². The highest BCUT2D eigenvalue weighted by Gasteiger charge is 2.34. The number of carbonyl (C=O) groups excluding carboxylic acids is 2. The maximum absolute atomic E-state index is 13.1. The van der Waals surface area contributed by atoms with Crippen LogP contribution in [0.15, 0.2) is 71.1 Å². The molecule has 9 heteroatoms. The molecular formula is C26H28N2O6S. The molecule has 1 aliphatic heterocycles. The predicted molar refractivity (Wildman–Crippen MR) is 132 cm³/mol. The third-order valence-corrected chi connectivity index (χ3v) is 6.82. The average molecular weight is 497 g/mol. The minimum absolute atomic E-state index is 0.00449. The van der Waals surface area contributed by atoms with Crippen molar-refractivity contribution in [2.45, 2.75) is 38.7 Å². The van der Waals surface area contributed by atoms with Crippen LogP contribution in [0.25, 0.3) is 0 Å². The van der Waals surface area contributed by atoms with Crippen LogP contribution in [0.5, 0.6) is 5.75 Å². The summed E-state index contributed by atoms with van der Waals surface area (Å²) in [6.07, 6.45) is 2.24. The van der Waals surface area contributed by atoms with E-state index in [0.29, 0.717) is 40.9 Å². The first-order valence-corrected chi connectivity index (χ1v) is 13.1. The van der Waals surface area contributed by atoms with Crippen molar-refractivity contribution in [2.24, 2.45) is 0 Å². The number of dihydropyridines is 1. The van der Waals surface area contributed by atoms with Gasteiger partial charge in [-0.05, 0) is 31.0 Å². The van der Waals surface area contributed by atoms with Gasteiger partial charge in [-0.15, -0.1) is 0 Å². The fraction of sp³-hybridized carbons (Fsp3) is 0.308. The number of hydrogen-bond donors (Lipinski definition) is 2. The van der Waals surface area contributed by atoms with Crippen molar-refractivity contribution < 1.29 is 27.5 Å². The van der Waals surface area contributed by atoms with Crippen molar-refractivity contribution in [1.29, 1.82) is 0 Å². The van der Waals surface area contributed by atoms with Crippen LogP contribution in [-0.2, 0) is 31.0 Å². The summed E-state index contributed by atoms with van der Waals surface area (Å²) in [5.41, 5.74) is 4.34. The van der Waals surface area contributed by atoms with E-state index in [2.05, 4.69) is 10.0 Å². The number of anilines is 1. The number of benzene rings is 2. The number of nitrogens with one attached hydrogen (secondary N) is 2. The van der Waals surface area contributed by atoms with Gasteiger partial charge in [0, 0.05) is 41.3 Å². The van der Waals surface area contributed by atoms with Crippen LogP contribution in [0.2, 0.25) is 0 Å². The summed E-state index contributed by atoms with van der Waals surface area (Å²) >= 11 is 0. The van der Waals surface area contributed by atoms with E-state index < -0.39 is 16.0 Å².